The van der Waals surface area contributed by atoms with E-state index in [9.17, 15) is 0 Å². The van der Waals surface area contributed by atoms with Crippen molar-refractivity contribution in [1.82, 2.24) is 0 Å². The van der Waals surface area contributed by atoms with E-state index in [-0.39, 0.29) is 16.7 Å². The van der Waals surface area contributed by atoms with Crippen LogP contribution in [0, 0.1) is 12.6 Å². The number of rotatable bonds is 3. The van der Waals surface area contributed by atoms with Crippen molar-refractivity contribution in [3.63, 3.8) is 0 Å². The lowest BCUT2D eigenvalue weighted by Crippen LogP contribution is -2.05. The molecule has 0 aromatic heterocycles. The number of aliphatic hydroxyl groups excluding tert-OH is 3. The van der Waals surface area contributed by atoms with Crippen LogP contribution in [0.5, 0.6) is 0 Å². The molecule has 1 rings (SSSR count). The van der Waals surface area contributed by atoms with Crippen molar-refractivity contribution in [3.05, 3.63) is 47.5 Å². The SMILES string of the molecule is O[C-](O)c1cc([C-](O)O)cc(C(O)O)c1. The molecule has 0 radical (unpaired) electrons. The normalized spacial score (nSPS) is 10.6. The Morgan fingerprint density at radius 2 is 1.20 bits per heavy atom. The predicted octanol–water partition coefficient (Wildman–Crippen LogP) is -0.165. The summed E-state index contributed by atoms with van der Waals surface area (Å²) < 4.78 is 0. The quantitative estimate of drug-likeness (QED) is 0.307. The van der Waals surface area contributed by atoms with E-state index in [1.807, 2.05) is 0 Å². The zero-order chi connectivity index (χ0) is 11.6. The second-order valence-corrected chi connectivity index (χ2v) is 2.86. The highest BCUT2D eigenvalue weighted by molar-refractivity contribution is 5.38. The summed E-state index contributed by atoms with van der Waals surface area (Å²) in [6, 6.07) is 3.25. The van der Waals surface area contributed by atoms with Gasteiger partial charge in [-0.25, -0.2) is 0 Å². The molecule has 1 aromatic rings. The maximum absolute atomic E-state index is 8.85. The maximum Gasteiger partial charge on any atom is 0.155 e. The van der Waals surface area contributed by atoms with E-state index in [1.54, 1.807) is 0 Å². The minimum atomic E-state index is -1.84. The largest absolute Gasteiger partial charge is 0.401 e. The summed E-state index contributed by atoms with van der Waals surface area (Å²) in [4.78, 5) is 0. The first-order chi connectivity index (χ1) is 6.91. The van der Waals surface area contributed by atoms with Gasteiger partial charge in [0.1, 0.15) is 0 Å². The average Bonchev–Trinajstić information content (AvgIpc) is 2.16. The van der Waals surface area contributed by atoms with Gasteiger partial charge in [-0.15, -0.1) is 16.7 Å². The molecule has 0 aliphatic carbocycles. The third-order valence-corrected chi connectivity index (χ3v) is 1.77. The molecule has 0 saturated carbocycles. The van der Waals surface area contributed by atoms with Crippen molar-refractivity contribution in [2.45, 2.75) is 6.29 Å². The van der Waals surface area contributed by atoms with E-state index < -0.39 is 18.9 Å². The Labute approximate surface area is 85.3 Å². The highest BCUT2D eigenvalue weighted by atomic mass is 16.5. The Morgan fingerprint density at radius 1 is 0.800 bits per heavy atom. The molecule has 84 valence electrons. The molecule has 0 saturated heterocycles. The third-order valence-electron chi connectivity index (χ3n) is 1.77. The van der Waals surface area contributed by atoms with Crippen LogP contribution in [0.15, 0.2) is 18.2 Å². The first kappa shape index (κ1) is 11.8. The molecule has 0 aliphatic rings. The van der Waals surface area contributed by atoms with Crippen LogP contribution < -0.4 is 0 Å². The highest BCUT2D eigenvalue weighted by Crippen LogP contribution is 2.21. The Bertz CT molecular complexity index is 269. The minimum Gasteiger partial charge on any atom is -0.401 e. The van der Waals surface area contributed by atoms with E-state index in [0.29, 0.717) is 0 Å². The standard InChI is InChI=1S/C9H10O6/c10-7(11)4-1-5(8(12)13)3-6(2-4)9(14)15/h1-3,7,10-15H/q-2. The number of hydrogen-bond donors (Lipinski definition) is 6. The molecule has 6 heteroatoms. The highest BCUT2D eigenvalue weighted by Gasteiger charge is 2.03. The smallest absolute Gasteiger partial charge is 0.155 e. The molecule has 15 heavy (non-hydrogen) atoms. The van der Waals surface area contributed by atoms with Gasteiger partial charge < -0.3 is 30.6 Å². The number of aliphatic hydroxyl groups is 6. The second kappa shape index (κ2) is 4.49. The minimum absolute atomic E-state index is 0.0938. The van der Waals surface area contributed by atoms with E-state index in [1.165, 1.54) is 0 Å². The molecule has 0 fully saturated rings. The molecular formula is C9H10O6-2. The summed E-state index contributed by atoms with van der Waals surface area (Å²) in [5.41, 5.74) is -0.406. The van der Waals surface area contributed by atoms with E-state index in [0.717, 1.165) is 18.2 Å². The van der Waals surface area contributed by atoms with Gasteiger partial charge in [0, 0.05) is 0 Å². The fraction of sp³-hybridized carbons (Fsp3) is 0.111. The van der Waals surface area contributed by atoms with Gasteiger partial charge in [-0.3, -0.25) is 0 Å². The van der Waals surface area contributed by atoms with Gasteiger partial charge >= 0.3 is 0 Å². The van der Waals surface area contributed by atoms with Crippen LogP contribution in [-0.2, 0) is 0 Å². The first-order valence-corrected chi connectivity index (χ1v) is 3.93. The zero-order valence-electron chi connectivity index (χ0n) is 7.49. The van der Waals surface area contributed by atoms with Gasteiger partial charge in [0.15, 0.2) is 6.29 Å². The van der Waals surface area contributed by atoms with Crippen molar-refractivity contribution in [1.29, 1.82) is 0 Å². The molecule has 0 aliphatic heterocycles. The number of hydrogen-bond acceptors (Lipinski definition) is 6. The van der Waals surface area contributed by atoms with Gasteiger partial charge in [0.2, 0.25) is 0 Å². The Balaban J connectivity index is 3.20. The van der Waals surface area contributed by atoms with Gasteiger partial charge in [-0.2, -0.15) is 18.2 Å². The topological polar surface area (TPSA) is 121 Å². The molecule has 6 N–H and O–H groups in total. The lowest BCUT2D eigenvalue weighted by Gasteiger charge is -2.23. The monoisotopic (exact) mass is 214 g/mol. The van der Waals surface area contributed by atoms with Gasteiger partial charge in [-0.1, -0.05) is 0 Å². The van der Waals surface area contributed by atoms with Crippen molar-refractivity contribution < 1.29 is 30.6 Å². The van der Waals surface area contributed by atoms with E-state index >= 15 is 0 Å². The van der Waals surface area contributed by atoms with Crippen molar-refractivity contribution in [2.75, 3.05) is 0 Å². The zero-order valence-corrected chi connectivity index (χ0v) is 7.49. The molecule has 0 unspecified atom stereocenters. The van der Waals surface area contributed by atoms with Crippen LogP contribution in [0.1, 0.15) is 23.0 Å². The molecule has 0 spiro atoms. The molecule has 1 aromatic carbocycles. The fourth-order valence-corrected chi connectivity index (χ4v) is 1.06. The lowest BCUT2D eigenvalue weighted by molar-refractivity contribution is -0.0427. The Hall–Kier alpha value is -1.28. The summed E-state index contributed by atoms with van der Waals surface area (Å²) >= 11 is 0. The fourth-order valence-electron chi connectivity index (χ4n) is 1.06. The predicted molar refractivity (Wildman–Crippen MR) is 46.1 cm³/mol. The Morgan fingerprint density at radius 3 is 1.47 bits per heavy atom. The molecule has 0 atom stereocenters. The van der Waals surface area contributed by atoms with Crippen LogP contribution in [0.2, 0.25) is 0 Å². The summed E-state index contributed by atoms with van der Waals surface area (Å²) in [7, 11) is 0. The van der Waals surface area contributed by atoms with Crippen LogP contribution >= 0.6 is 0 Å². The van der Waals surface area contributed by atoms with Gasteiger partial charge in [0.05, 0.1) is 12.6 Å². The van der Waals surface area contributed by atoms with Crippen LogP contribution in [0.25, 0.3) is 0 Å². The van der Waals surface area contributed by atoms with Crippen molar-refractivity contribution in [2.24, 2.45) is 0 Å². The molecule has 0 bridgehead atoms. The van der Waals surface area contributed by atoms with E-state index in [4.69, 9.17) is 30.6 Å². The molecule has 0 amide bonds. The first-order valence-electron chi connectivity index (χ1n) is 3.93. The molecule has 6 nitrogen and oxygen atoms in total. The van der Waals surface area contributed by atoms with Crippen molar-refractivity contribution >= 4 is 0 Å². The molecular weight excluding hydrogens is 204 g/mol. The third kappa shape index (κ3) is 2.83. The lowest BCUT2D eigenvalue weighted by atomic mass is 10.0. The summed E-state index contributed by atoms with van der Waals surface area (Å²) in [5, 5.41) is 52.8. The summed E-state index contributed by atoms with van der Waals surface area (Å²) in [5.74, 6) is 0. The number of benzene rings is 1. The van der Waals surface area contributed by atoms with Crippen molar-refractivity contribution in [3.8, 4) is 0 Å². The van der Waals surface area contributed by atoms with Crippen LogP contribution in [0.3, 0.4) is 0 Å². The second-order valence-electron chi connectivity index (χ2n) is 2.86. The summed E-state index contributed by atoms with van der Waals surface area (Å²) in [6.07, 6.45) is -3.96. The maximum atomic E-state index is 8.85. The molecule has 0 heterocycles. The summed E-state index contributed by atoms with van der Waals surface area (Å²) in [6.45, 7) is 0. The Kier molecular flexibility index (Phi) is 3.53. The van der Waals surface area contributed by atoms with Gasteiger partial charge in [-0.05, 0) is 0 Å². The average molecular weight is 214 g/mol. The van der Waals surface area contributed by atoms with E-state index in [2.05, 4.69) is 0 Å². The van der Waals surface area contributed by atoms with Crippen LogP contribution in [0.4, 0.5) is 0 Å². The van der Waals surface area contributed by atoms with Gasteiger partial charge in [0.25, 0.3) is 0 Å². The van der Waals surface area contributed by atoms with Crippen LogP contribution in [-0.4, -0.2) is 30.6 Å².